The molecule has 146 valence electrons. The van der Waals surface area contributed by atoms with Crippen molar-refractivity contribution in [3.63, 3.8) is 0 Å². The van der Waals surface area contributed by atoms with Crippen LogP contribution in [0.1, 0.15) is 0 Å². The normalized spacial score (nSPS) is 14.6. The minimum Gasteiger partial charge on any atom is -0.366 e. The van der Waals surface area contributed by atoms with Crippen LogP contribution in [0.15, 0.2) is 67.0 Å². The Morgan fingerprint density at radius 1 is 0.828 bits per heavy atom. The molecule has 0 spiro atoms. The van der Waals surface area contributed by atoms with E-state index in [1.807, 2.05) is 18.2 Å². The number of rotatable bonds is 3. The van der Waals surface area contributed by atoms with E-state index in [1.165, 1.54) is 18.2 Å². The maximum atomic E-state index is 14.1. The number of benzene rings is 2. The molecule has 1 aliphatic heterocycles. The van der Waals surface area contributed by atoms with E-state index in [2.05, 4.69) is 19.9 Å². The first kappa shape index (κ1) is 17.6. The third kappa shape index (κ3) is 3.29. The van der Waals surface area contributed by atoms with E-state index in [9.17, 15) is 8.78 Å². The highest BCUT2D eigenvalue weighted by Gasteiger charge is 2.22. The van der Waals surface area contributed by atoms with E-state index < -0.39 is 0 Å². The SMILES string of the molecule is Fc1ccc(-c2cc3c(N4CCN(c5ccccc5F)CC4)nccn3n2)cc1. The van der Waals surface area contributed by atoms with Crippen LogP contribution in [0.2, 0.25) is 0 Å². The van der Waals surface area contributed by atoms with Gasteiger partial charge in [0.1, 0.15) is 17.2 Å². The van der Waals surface area contributed by atoms with Gasteiger partial charge in [0.15, 0.2) is 5.82 Å². The quantitative estimate of drug-likeness (QED) is 0.529. The summed E-state index contributed by atoms with van der Waals surface area (Å²) in [5, 5.41) is 4.61. The van der Waals surface area contributed by atoms with Gasteiger partial charge in [-0.2, -0.15) is 5.10 Å². The highest BCUT2D eigenvalue weighted by molar-refractivity contribution is 5.75. The first-order chi connectivity index (χ1) is 14.2. The van der Waals surface area contributed by atoms with Gasteiger partial charge in [-0.15, -0.1) is 0 Å². The third-order valence-electron chi connectivity index (χ3n) is 5.28. The lowest BCUT2D eigenvalue weighted by atomic mass is 10.1. The summed E-state index contributed by atoms with van der Waals surface area (Å²) in [6.07, 6.45) is 3.54. The summed E-state index contributed by atoms with van der Waals surface area (Å²) in [6.45, 7) is 2.89. The molecule has 4 aromatic rings. The van der Waals surface area contributed by atoms with Gasteiger partial charge < -0.3 is 9.80 Å². The molecule has 0 radical (unpaired) electrons. The molecular weight excluding hydrogens is 372 g/mol. The van der Waals surface area contributed by atoms with E-state index >= 15 is 0 Å². The average molecular weight is 391 g/mol. The Kier molecular flexibility index (Phi) is 4.35. The van der Waals surface area contributed by atoms with Gasteiger partial charge in [0.2, 0.25) is 0 Å². The number of hydrogen-bond donors (Lipinski definition) is 0. The monoisotopic (exact) mass is 391 g/mol. The molecule has 5 nitrogen and oxygen atoms in total. The van der Waals surface area contributed by atoms with Crippen LogP contribution >= 0.6 is 0 Å². The summed E-state index contributed by atoms with van der Waals surface area (Å²) in [6, 6.07) is 15.1. The highest BCUT2D eigenvalue weighted by atomic mass is 19.1. The zero-order valence-electron chi connectivity index (χ0n) is 15.7. The van der Waals surface area contributed by atoms with Gasteiger partial charge in [-0.05, 0) is 42.5 Å². The Bertz CT molecular complexity index is 1150. The van der Waals surface area contributed by atoms with Gasteiger partial charge in [-0.25, -0.2) is 18.3 Å². The zero-order valence-corrected chi connectivity index (χ0v) is 15.7. The molecule has 1 saturated heterocycles. The lowest BCUT2D eigenvalue weighted by molar-refractivity contribution is 0.596. The number of halogens is 2. The van der Waals surface area contributed by atoms with Gasteiger partial charge in [-0.1, -0.05) is 12.1 Å². The molecule has 0 bridgehead atoms. The second-order valence-electron chi connectivity index (χ2n) is 7.04. The largest absolute Gasteiger partial charge is 0.366 e. The van der Waals surface area contributed by atoms with Crippen LogP contribution in [-0.4, -0.2) is 40.8 Å². The molecule has 0 aliphatic carbocycles. The number of hydrogen-bond acceptors (Lipinski definition) is 4. The van der Waals surface area contributed by atoms with Gasteiger partial charge in [0.05, 0.1) is 11.4 Å². The van der Waals surface area contributed by atoms with Crippen molar-refractivity contribution >= 4 is 17.0 Å². The molecular formula is C22H19F2N5. The van der Waals surface area contributed by atoms with Gasteiger partial charge >= 0.3 is 0 Å². The number of nitrogens with zero attached hydrogens (tertiary/aromatic N) is 5. The highest BCUT2D eigenvalue weighted by Crippen LogP contribution is 2.27. The molecule has 1 aliphatic rings. The van der Waals surface area contributed by atoms with Crippen LogP contribution in [0.5, 0.6) is 0 Å². The topological polar surface area (TPSA) is 36.7 Å². The molecule has 7 heteroatoms. The summed E-state index contributed by atoms with van der Waals surface area (Å²) in [5.41, 5.74) is 3.15. The molecule has 0 unspecified atom stereocenters. The van der Waals surface area contributed by atoms with Crippen LogP contribution in [0.4, 0.5) is 20.3 Å². The Hall–Kier alpha value is -3.48. The van der Waals surface area contributed by atoms with Gasteiger partial charge in [0.25, 0.3) is 0 Å². The summed E-state index contributed by atoms with van der Waals surface area (Å²) < 4.78 is 29.1. The zero-order chi connectivity index (χ0) is 19.8. The third-order valence-corrected chi connectivity index (χ3v) is 5.28. The smallest absolute Gasteiger partial charge is 0.154 e. The van der Waals surface area contributed by atoms with Crippen LogP contribution in [0, 0.1) is 11.6 Å². The number of anilines is 2. The number of para-hydroxylation sites is 1. The van der Waals surface area contributed by atoms with Crippen molar-refractivity contribution < 1.29 is 8.78 Å². The van der Waals surface area contributed by atoms with Crippen LogP contribution in [0.3, 0.4) is 0 Å². The van der Waals surface area contributed by atoms with Crippen molar-refractivity contribution in [3.8, 4) is 11.3 Å². The fourth-order valence-corrected chi connectivity index (χ4v) is 3.78. The molecule has 2 aromatic heterocycles. The standard InChI is InChI=1S/C22H19F2N5/c23-17-7-5-16(6-8-17)19-15-21-22(25-9-10-29(21)26-19)28-13-11-27(12-14-28)20-4-2-1-3-18(20)24/h1-10,15H,11-14H2. The lowest BCUT2D eigenvalue weighted by Gasteiger charge is -2.36. The van der Waals surface area contributed by atoms with E-state index in [1.54, 1.807) is 35.1 Å². The first-order valence-electron chi connectivity index (χ1n) is 9.54. The Morgan fingerprint density at radius 3 is 2.31 bits per heavy atom. The second-order valence-corrected chi connectivity index (χ2v) is 7.04. The van der Waals surface area contributed by atoms with E-state index in [4.69, 9.17) is 0 Å². The van der Waals surface area contributed by atoms with Crippen molar-refractivity contribution in [2.24, 2.45) is 0 Å². The number of piperazine rings is 1. The Morgan fingerprint density at radius 2 is 1.55 bits per heavy atom. The number of fused-ring (bicyclic) bond motifs is 1. The maximum absolute atomic E-state index is 14.1. The van der Waals surface area contributed by atoms with Gasteiger partial charge in [-0.3, -0.25) is 0 Å². The van der Waals surface area contributed by atoms with Crippen LogP contribution in [0.25, 0.3) is 16.8 Å². The molecule has 0 N–H and O–H groups in total. The van der Waals surface area contributed by atoms with E-state index in [-0.39, 0.29) is 11.6 Å². The molecule has 0 saturated carbocycles. The number of aromatic nitrogens is 3. The Labute approximate surface area is 166 Å². The second kappa shape index (κ2) is 7.16. The predicted molar refractivity (Wildman–Crippen MR) is 109 cm³/mol. The van der Waals surface area contributed by atoms with Crippen molar-refractivity contribution in [2.45, 2.75) is 0 Å². The fraction of sp³-hybridized carbons (Fsp3) is 0.182. The summed E-state index contributed by atoms with van der Waals surface area (Å²) >= 11 is 0. The summed E-state index contributed by atoms with van der Waals surface area (Å²) in [4.78, 5) is 8.84. The van der Waals surface area contributed by atoms with Crippen molar-refractivity contribution in [2.75, 3.05) is 36.0 Å². The van der Waals surface area contributed by atoms with E-state index in [0.29, 0.717) is 18.8 Å². The van der Waals surface area contributed by atoms with Crippen molar-refractivity contribution in [3.05, 3.63) is 78.6 Å². The van der Waals surface area contributed by atoms with Crippen LogP contribution in [-0.2, 0) is 0 Å². The maximum Gasteiger partial charge on any atom is 0.154 e. The summed E-state index contributed by atoms with van der Waals surface area (Å²) in [7, 11) is 0. The van der Waals surface area contributed by atoms with Gasteiger partial charge in [0, 0.05) is 44.1 Å². The molecule has 3 heterocycles. The van der Waals surface area contributed by atoms with Crippen molar-refractivity contribution in [1.82, 2.24) is 14.6 Å². The van der Waals surface area contributed by atoms with Crippen molar-refractivity contribution in [1.29, 1.82) is 0 Å². The molecule has 1 fully saturated rings. The van der Waals surface area contributed by atoms with E-state index in [0.717, 1.165) is 35.7 Å². The fourth-order valence-electron chi connectivity index (χ4n) is 3.78. The minimum atomic E-state index is -0.271. The molecule has 2 aromatic carbocycles. The predicted octanol–water partition coefficient (Wildman–Crippen LogP) is 4.00. The minimum absolute atomic E-state index is 0.194. The Balaban J connectivity index is 1.41. The van der Waals surface area contributed by atoms with Crippen LogP contribution < -0.4 is 9.80 Å². The molecule has 29 heavy (non-hydrogen) atoms. The average Bonchev–Trinajstić information content (AvgIpc) is 3.19. The molecule has 5 rings (SSSR count). The summed E-state index contributed by atoms with van der Waals surface area (Å²) in [5.74, 6) is 0.384. The molecule has 0 amide bonds. The molecule has 0 atom stereocenters. The lowest BCUT2D eigenvalue weighted by Crippen LogP contribution is -2.47. The first-order valence-corrected chi connectivity index (χ1v) is 9.54.